The number of esters is 2. The maximum atomic E-state index is 14.2. The third-order valence-electron chi connectivity index (χ3n) is 18.4. The SMILES string of the molecule is COC(=O)[C@H]1O[C@@H](Oc2ccc(C[N+](C)(CCCN(C)CCNC(=O)c3cccc4nc5cccc(C)c5nc34)CCNC(=O)c3cccc4nc5cccc(C)c5nc34)cc2NC(=O)CCCC(=O)OCC2c3ccccc3-c3ccccc32)[C@H](C)[C@@H](C)[C@@H]1C. The molecule has 2 aromatic heterocycles. The average Bonchev–Trinajstić information content (AvgIpc) is 1.82. The van der Waals surface area contributed by atoms with Crippen molar-refractivity contribution in [3.63, 3.8) is 0 Å². The molecule has 91 heavy (non-hydrogen) atoms. The highest BCUT2D eigenvalue weighted by molar-refractivity contribution is 6.07. The van der Waals surface area contributed by atoms with Crippen molar-refractivity contribution in [1.29, 1.82) is 0 Å². The highest BCUT2D eigenvalue weighted by Gasteiger charge is 2.44. The standard InChI is InChI=1S/C73H79N9O9/c1-44-19-13-27-57-65(44)79-67-54(25-15-29-59(67)76-57)70(85)74-35-38-81(6)37-18-39-82(7,40-36-75-71(86)55-26-16-30-60-68(55)80-66-45(2)20-14-28-58(66)77-60)42-49-33-34-62(90-73-48(5)46(3)47(4)69(91-73)72(87)88-8)61(41-49)78-63(83)31-17-32-64(84)89-43-56-52-23-11-9-21-50(52)51-22-10-12-24-53(51)56/h9-16,19-30,33-34,41,46-48,56,69,73H,17-18,31-32,35-40,42-43H2,1-8H3,(H2-,74,75,78,83,85,86)/p+1/t46-,47-,48+,69-,73+,82?/m0/s1. The molecule has 6 atom stereocenters. The number of nitrogens with zero attached hydrogens (tertiary/aromatic N) is 6. The summed E-state index contributed by atoms with van der Waals surface area (Å²) in [4.78, 5) is 90.0. The van der Waals surface area contributed by atoms with Crippen molar-refractivity contribution in [2.45, 2.75) is 85.2 Å². The molecule has 0 saturated carbocycles. The van der Waals surface area contributed by atoms with Crippen LogP contribution in [0.5, 0.6) is 5.75 Å². The number of rotatable bonds is 24. The fraction of sp³-hybridized carbons (Fsp3) is 0.356. The van der Waals surface area contributed by atoms with Crippen molar-refractivity contribution < 1.29 is 47.4 Å². The lowest BCUT2D eigenvalue weighted by molar-refractivity contribution is -0.921. The van der Waals surface area contributed by atoms with E-state index in [4.69, 9.17) is 38.9 Å². The van der Waals surface area contributed by atoms with E-state index in [9.17, 15) is 24.0 Å². The predicted octanol–water partition coefficient (Wildman–Crippen LogP) is 11.3. The molecule has 1 fully saturated rings. The van der Waals surface area contributed by atoms with Crippen molar-refractivity contribution in [1.82, 2.24) is 35.5 Å². The van der Waals surface area contributed by atoms with Crippen molar-refractivity contribution >= 4 is 79.5 Å². The van der Waals surface area contributed by atoms with Crippen LogP contribution < -0.4 is 20.7 Å². The lowest BCUT2D eigenvalue weighted by Crippen LogP contribution is -2.50. The number of hydrogen-bond acceptors (Lipinski definition) is 14. The summed E-state index contributed by atoms with van der Waals surface area (Å²) in [6.07, 6.45) is -0.632. The van der Waals surface area contributed by atoms with Gasteiger partial charge in [0.25, 0.3) is 11.8 Å². The number of methoxy groups -OCH3 is 1. The number of para-hydroxylation sites is 4. The first-order valence-corrected chi connectivity index (χ1v) is 31.5. The van der Waals surface area contributed by atoms with Gasteiger partial charge in [0.05, 0.1) is 83.7 Å². The molecule has 18 heteroatoms. The van der Waals surface area contributed by atoms with E-state index in [1.165, 1.54) is 7.11 Å². The number of anilines is 1. The number of hydrogen-bond donors (Lipinski definition) is 3. The second-order valence-electron chi connectivity index (χ2n) is 24.9. The molecule has 470 valence electrons. The Kier molecular flexibility index (Phi) is 19.4. The first-order chi connectivity index (χ1) is 43.9. The van der Waals surface area contributed by atoms with Gasteiger partial charge in [-0.25, -0.2) is 24.7 Å². The van der Waals surface area contributed by atoms with E-state index in [-0.39, 0.29) is 73.2 Å². The summed E-state index contributed by atoms with van der Waals surface area (Å²) < 4.78 is 24.5. The van der Waals surface area contributed by atoms with Crippen LogP contribution in [0.15, 0.2) is 140 Å². The van der Waals surface area contributed by atoms with Gasteiger partial charge in [-0.15, -0.1) is 0 Å². The van der Waals surface area contributed by atoms with Gasteiger partial charge >= 0.3 is 11.9 Å². The Morgan fingerprint density at radius 3 is 1.78 bits per heavy atom. The average molecular weight is 1230 g/mol. The lowest BCUT2D eigenvalue weighted by atomic mass is 9.79. The normalized spacial score (nSPS) is 17.7. The number of aryl methyl sites for hydroxylation is 2. The fourth-order valence-electron chi connectivity index (χ4n) is 12.8. The number of amides is 3. The summed E-state index contributed by atoms with van der Waals surface area (Å²) in [5.74, 6) is -1.68. The van der Waals surface area contributed by atoms with Crippen molar-refractivity contribution in [3.8, 4) is 16.9 Å². The van der Waals surface area contributed by atoms with Gasteiger partial charge in [0, 0.05) is 56.3 Å². The summed E-state index contributed by atoms with van der Waals surface area (Å²) in [6.45, 7) is 13.9. The number of benzene rings is 7. The Hall–Kier alpha value is -9.23. The Labute approximate surface area is 530 Å². The molecule has 1 unspecified atom stereocenters. The number of ether oxygens (including phenoxy) is 4. The van der Waals surface area contributed by atoms with Crippen LogP contribution in [0, 0.1) is 31.6 Å². The maximum Gasteiger partial charge on any atom is 0.335 e. The number of carbonyl (C=O) groups is 5. The molecule has 1 saturated heterocycles. The summed E-state index contributed by atoms with van der Waals surface area (Å²) in [7, 11) is 5.53. The zero-order valence-electron chi connectivity index (χ0n) is 53.1. The first-order valence-electron chi connectivity index (χ1n) is 31.5. The number of fused-ring (bicyclic) bond motifs is 7. The summed E-state index contributed by atoms with van der Waals surface area (Å²) in [5, 5.41) is 9.43. The molecule has 1 aliphatic heterocycles. The Bertz CT molecular complexity index is 4170. The molecule has 3 heterocycles. The van der Waals surface area contributed by atoms with Gasteiger partial charge in [0.2, 0.25) is 12.2 Å². The van der Waals surface area contributed by atoms with Gasteiger partial charge in [-0.05, 0) is 127 Å². The molecule has 1 aliphatic carbocycles. The molecule has 7 aromatic carbocycles. The minimum atomic E-state index is -0.860. The van der Waals surface area contributed by atoms with Crippen LogP contribution >= 0.6 is 0 Å². The van der Waals surface area contributed by atoms with Crippen LogP contribution in [0.2, 0.25) is 0 Å². The predicted molar refractivity (Wildman–Crippen MR) is 352 cm³/mol. The first kappa shape index (κ1) is 63.3. The maximum absolute atomic E-state index is 14.2. The molecule has 9 aromatic rings. The van der Waals surface area contributed by atoms with Gasteiger partial charge in [-0.3, -0.25) is 19.2 Å². The summed E-state index contributed by atoms with van der Waals surface area (Å²) in [5.41, 5.74) is 14.1. The smallest absolute Gasteiger partial charge is 0.335 e. The number of aromatic nitrogens is 4. The Balaban J connectivity index is 0.792. The molecule has 0 radical (unpaired) electrons. The number of quaternary nitrogens is 1. The quantitative estimate of drug-likeness (QED) is 0.0292. The molecule has 0 spiro atoms. The van der Waals surface area contributed by atoms with Crippen molar-refractivity contribution in [2.24, 2.45) is 17.8 Å². The van der Waals surface area contributed by atoms with E-state index in [2.05, 4.69) is 59.1 Å². The topological polar surface area (TPSA) is 213 Å². The van der Waals surface area contributed by atoms with Crippen LogP contribution in [0.1, 0.15) is 101 Å². The number of likely N-dealkylation sites (N-methyl/N-ethyl adjacent to an activating group) is 2. The minimum Gasteiger partial charge on any atom is -0.467 e. The van der Waals surface area contributed by atoms with E-state index < -0.39 is 18.4 Å². The zero-order chi connectivity index (χ0) is 63.9. The highest BCUT2D eigenvalue weighted by atomic mass is 16.7. The third-order valence-corrected chi connectivity index (χ3v) is 18.4. The summed E-state index contributed by atoms with van der Waals surface area (Å²) >= 11 is 0. The van der Waals surface area contributed by atoms with Crippen LogP contribution in [-0.2, 0) is 35.1 Å². The number of carbonyl (C=O) groups excluding carboxylic acids is 5. The van der Waals surface area contributed by atoms with Gasteiger partial charge in [-0.1, -0.05) is 106 Å². The van der Waals surface area contributed by atoms with Crippen LogP contribution in [0.4, 0.5) is 5.69 Å². The monoisotopic (exact) mass is 1230 g/mol. The van der Waals surface area contributed by atoms with Crippen LogP contribution in [0.3, 0.4) is 0 Å². The molecule has 2 aliphatic rings. The largest absolute Gasteiger partial charge is 0.467 e. The molecule has 18 nitrogen and oxygen atoms in total. The van der Waals surface area contributed by atoms with E-state index in [0.717, 1.165) is 67.4 Å². The van der Waals surface area contributed by atoms with Gasteiger partial charge < -0.3 is 44.3 Å². The Morgan fingerprint density at radius 2 is 1.18 bits per heavy atom. The van der Waals surface area contributed by atoms with Crippen molar-refractivity contribution in [3.05, 3.63) is 178 Å². The van der Waals surface area contributed by atoms with E-state index >= 15 is 0 Å². The second-order valence-corrected chi connectivity index (χ2v) is 24.9. The fourth-order valence-corrected chi connectivity index (χ4v) is 12.8. The highest BCUT2D eigenvalue weighted by Crippen LogP contribution is 2.45. The second kappa shape index (κ2) is 27.9. The molecule has 3 N–H and O–H groups in total. The third kappa shape index (κ3) is 14.2. The molecule has 11 rings (SSSR count). The van der Waals surface area contributed by atoms with Crippen LogP contribution in [-0.4, -0.2) is 138 Å². The summed E-state index contributed by atoms with van der Waals surface area (Å²) in [6, 6.07) is 44.7. The van der Waals surface area contributed by atoms with Crippen LogP contribution in [0.25, 0.3) is 55.3 Å². The number of nitrogens with one attached hydrogen (secondary N) is 3. The molecule has 0 bridgehead atoms. The van der Waals surface area contributed by atoms with Crippen molar-refractivity contribution in [2.75, 3.05) is 72.4 Å². The lowest BCUT2D eigenvalue weighted by Gasteiger charge is -2.42. The van der Waals surface area contributed by atoms with E-state index in [1.54, 1.807) is 12.1 Å². The minimum absolute atomic E-state index is 0.0168. The Morgan fingerprint density at radius 1 is 0.604 bits per heavy atom. The molecule has 3 amide bonds. The molecular weight excluding hydrogens is 1150 g/mol. The van der Waals surface area contributed by atoms with E-state index in [1.807, 2.05) is 138 Å². The van der Waals surface area contributed by atoms with Gasteiger partial charge in [0.15, 0.2) is 6.10 Å². The van der Waals surface area contributed by atoms with Gasteiger partial charge in [0.1, 0.15) is 29.9 Å². The van der Waals surface area contributed by atoms with E-state index in [0.29, 0.717) is 94.9 Å². The van der Waals surface area contributed by atoms with Gasteiger partial charge in [-0.2, -0.15) is 0 Å². The molecular formula is C73H80N9O9+. The zero-order valence-corrected chi connectivity index (χ0v) is 53.1.